The lowest BCUT2D eigenvalue weighted by Crippen LogP contribution is -2.39. The van der Waals surface area contributed by atoms with Crippen LogP contribution >= 0.6 is 23.2 Å². The third-order valence-corrected chi connectivity index (χ3v) is 6.62. The summed E-state index contributed by atoms with van der Waals surface area (Å²) in [6.07, 6.45) is 2.83. The molecule has 6 heteroatoms. The maximum atomic E-state index is 12.7. The molecule has 1 fully saturated rings. The van der Waals surface area contributed by atoms with Crippen molar-refractivity contribution in [1.29, 1.82) is 0 Å². The number of hydrogen-bond acceptors (Lipinski definition) is 2. The molecule has 2 aromatic rings. The van der Waals surface area contributed by atoms with Crippen LogP contribution in [0.2, 0.25) is 10.0 Å². The van der Waals surface area contributed by atoms with E-state index in [2.05, 4.69) is 10.6 Å². The van der Waals surface area contributed by atoms with Crippen LogP contribution in [-0.2, 0) is 9.59 Å². The van der Waals surface area contributed by atoms with Crippen LogP contribution in [0.1, 0.15) is 62.7 Å². The van der Waals surface area contributed by atoms with Crippen molar-refractivity contribution in [3.05, 3.63) is 69.7 Å². The zero-order chi connectivity index (χ0) is 21.7. The van der Waals surface area contributed by atoms with E-state index in [0.29, 0.717) is 35.7 Å². The average molecular weight is 447 g/mol. The number of carbonyl (C=O) groups is 2. The van der Waals surface area contributed by atoms with Crippen molar-refractivity contribution in [2.24, 2.45) is 11.8 Å². The van der Waals surface area contributed by atoms with Crippen LogP contribution < -0.4 is 10.6 Å². The van der Waals surface area contributed by atoms with Crippen molar-refractivity contribution < 1.29 is 9.59 Å². The van der Waals surface area contributed by atoms with E-state index in [0.717, 1.165) is 11.1 Å². The van der Waals surface area contributed by atoms with Crippen LogP contribution in [0, 0.1) is 11.8 Å². The molecule has 0 unspecified atom stereocenters. The van der Waals surface area contributed by atoms with Gasteiger partial charge in [0, 0.05) is 21.9 Å². The summed E-state index contributed by atoms with van der Waals surface area (Å²) in [5, 5.41) is 7.45. The number of carbonyl (C=O) groups excluding carboxylic acids is 2. The minimum absolute atomic E-state index is 0.0331. The molecule has 0 spiro atoms. The van der Waals surface area contributed by atoms with E-state index in [1.165, 1.54) is 0 Å². The van der Waals surface area contributed by atoms with Gasteiger partial charge >= 0.3 is 0 Å². The minimum Gasteiger partial charge on any atom is -0.349 e. The SMILES string of the molecule is C[C@H](NC(=O)C1CCC(C(=O)N[C@@H](C)c2ccccc2Cl)CC1)c1ccccc1Cl. The van der Waals surface area contributed by atoms with E-state index >= 15 is 0 Å². The molecule has 2 atom stereocenters. The zero-order valence-corrected chi connectivity index (χ0v) is 18.8. The Morgan fingerprint density at radius 1 is 0.733 bits per heavy atom. The summed E-state index contributed by atoms with van der Waals surface area (Å²) in [7, 11) is 0. The fourth-order valence-corrected chi connectivity index (χ4v) is 4.69. The van der Waals surface area contributed by atoms with Gasteiger partial charge in [0.1, 0.15) is 0 Å². The number of rotatable bonds is 6. The molecule has 1 aliphatic carbocycles. The van der Waals surface area contributed by atoms with Gasteiger partial charge in [0.25, 0.3) is 0 Å². The van der Waals surface area contributed by atoms with Crippen molar-refractivity contribution in [2.75, 3.05) is 0 Å². The lowest BCUT2D eigenvalue weighted by atomic mass is 9.81. The second-order valence-corrected chi connectivity index (χ2v) is 8.87. The van der Waals surface area contributed by atoms with Gasteiger partial charge in [0.2, 0.25) is 11.8 Å². The molecule has 4 nitrogen and oxygen atoms in total. The van der Waals surface area contributed by atoms with Crippen LogP contribution in [0.4, 0.5) is 0 Å². The Hall–Kier alpha value is -2.04. The minimum atomic E-state index is -0.149. The summed E-state index contributed by atoms with van der Waals surface area (Å²) in [6, 6.07) is 14.8. The number of amides is 2. The fourth-order valence-electron chi connectivity index (χ4n) is 4.09. The summed E-state index contributed by atoms with van der Waals surface area (Å²) in [6.45, 7) is 3.88. The Kier molecular flexibility index (Phi) is 7.79. The Morgan fingerprint density at radius 2 is 1.07 bits per heavy atom. The number of nitrogens with one attached hydrogen (secondary N) is 2. The molecule has 2 N–H and O–H groups in total. The van der Waals surface area contributed by atoms with Crippen LogP contribution in [0.5, 0.6) is 0 Å². The summed E-state index contributed by atoms with van der Waals surface area (Å²) in [4.78, 5) is 25.4. The van der Waals surface area contributed by atoms with Gasteiger partial charge < -0.3 is 10.6 Å². The molecule has 0 heterocycles. The highest BCUT2D eigenvalue weighted by molar-refractivity contribution is 6.31. The predicted octanol–water partition coefficient (Wildman–Crippen LogP) is 5.85. The highest BCUT2D eigenvalue weighted by Gasteiger charge is 2.31. The lowest BCUT2D eigenvalue weighted by molar-refractivity contribution is -0.131. The van der Waals surface area contributed by atoms with E-state index in [-0.39, 0.29) is 35.7 Å². The molecular formula is C24H28Cl2N2O2. The van der Waals surface area contributed by atoms with Crippen LogP contribution in [0.25, 0.3) is 0 Å². The topological polar surface area (TPSA) is 58.2 Å². The Labute approximate surface area is 188 Å². The summed E-state index contributed by atoms with van der Waals surface area (Å²) < 4.78 is 0. The molecule has 1 aliphatic rings. The summed E-state index contributed by atoms with van der Waals surface area (Å²) in [5.41, 5.74) is 1.82. The molecule has 0 radical (unpaired) electrons. The van der Waals surface area contributed by atoms with E-state index in [1.807, 2.05) is 62.4 Å². The highest BCUT2D eigenvalue weighted by atomic mass is 35.5. The van der Waals surface area contributed by atoms with Gasteiger partial charge in [-0.25, -0.2) is 0 Å². The zero-order valence-electron chi connectivity index (χ0n) is 17.3. The maximum Gasteiger partial charge on any atom is 0.223 e. The van der Waals surface area contributed by atoms with Crippen LogP contribution in [0.15, 0.2) is 48.5 Å². The van der Waals surface area contributed by atoms with Gasteiger partial charge in [-0.2, -0.15) is 0 Å². The van der Waals surface area contributed by atoms with Gasteiger partial charge in [0.15, 0.2) is 0 Å². The van der Waals surface area contributed by atoms with E-state index < -0.39 is 0 Å². The van der Waals surface area contributed by atoms with Gasteiger partial charge in [-0.3, -0.25) is 9.59 Å². The summed E-state index contributed by atoms with van der Waals surface area (Å²) >= 11 is 12.5. The fraction of sp³-hybridized carbons (Fsp3) is 0.417. The van der Waals surface area contributed by atoms with Crippen molar-refractivity contribution in [3.8, 4) is 0 Å². The predicted molar refractivity (Wildman–Crippen MR) is 121 cm³/mol. The molecule has 2 aromatic carbocycles. The van der Waals surface area contributed by atoms with E-state index in [1.54, 1.807) is 0 Å². The van der Waals surface area contributed by atoms with Crippen molar-refractivity contribution in [2.45, 2.75) is 51.6 Å². The van der Waals surface area contributed by atoms with Gasteiger partial charge in [-0.1, -0.05) is 59.6 Å². The molecule has 0 bridgehead atoms. The largest absolute Gasteiger partial charge is 0.349 e. The average Bonchev–Trinajstić information content (AvgIpc) is 2.74. The molecule has 0 aromatic heterocycles. The van der Waals surface area contributed by atoms with Gasteiger partial charge in [0.05, 0.1) is 12.1 Å². The second-order valence-electron chi connectivity index (χ2n) is 8.05. The monoisotopic (exact) mass is 446 g/mol. The number of halogens is 2. The first-order valence-electron chi connectivity index (χ1n) is 10.5. The summed E-state index contributed by atoms with van der Waals surface area (Å²) in [5.74, 6) is -0.0728. The molecule has 1 saturated carbocycles. The highest BCUT2D eigenvalue weighted by Crippen LogP contribution is 2.31. The normalized spacial score (nSPS) is 20.8. The second kappa shape index (κ2) is 10.3. The molecular weight excluding hydrogens is 419 g/mol. The smallest absolute Gasteiger partial charge is 0.223 e. The van der Waals surface area contributed by atoms with Crippen molar-refractivity contribution >= 4 is 35.0 Å². The Bertz CT molecular complexity index is 821. The number of hydrogen-bond donors (Lipinski definition) is 2. The molecule has 0 saturated heterocycles. The molecule has 0 aliphatic heterocycles. The van der Waals surface area contributed by atoms with Gasteiger partial charge in [-0.15, -0.1) is 0 Å². The third-order valence-electron chi connectivity index (χ3n) is 5.93. The molecule has 160 valence electrons. The number of benzene rings is 2. The molecule has 2 amide bonds. The standard InChI is InChI=1S/C24H28Cl2N2O2/c1-15(19-7-3-5-9-21(19)25)27-23(29)17-11-13-18(14-12-17)24(30)28-16(2)20-8-4-6-10-22(20)26/h3-10,15-18H,11-14H2,1-2H3,(H,27,29)(H,28,30)/t15-,16-,17?,18?/m0/s1. The van der Waals surface area contributed by atoms with Crippen molar-refractivity contribution in [1.82, 2.24) is 10.6 Å². The first kappa shape index (κ1) is 22.6. The quantitative estimate of drug-likeness (QED) is 0.583. The van der Waals surface area contributed by atoms with Crippen LogP contribution in [0.3, 0.4) is 0 Å². The molecule has 30 heavy (non-hydrogen) atoms. The first-order valence-corrected chi connectivity index (χ1v) is 11.2. The maximum absolute atomic E-state index is 12.7. The first-order chi connectivity index (χ1) is 14.4. The molecule has 3 rings (SSSR count). The van der Waals surface area contributed by atoms with E-state index in [9.17, 15) is 9.59 Å². The van der Waals surface area contributed by atoms with Crippen LogP contribution in [-0.4, -0.2) is 11.8 Å². The van der Waals surface area contributed by atoms with Crippen molar-refractivity contribution in [3.63, 3.8) is 0 Å². The Balaban J connectivity index is 1.49. The third kappa shape index (κ3) is 5.55. The van der Waals surface area contributed by atoms with E-state index in [4.69, 9.17) is 23.2 Å². The van der Waals surface area contributed by atoms with Gasteiger partial charge in [-0.05, 0) is 62.8 Å². The Morgan fingerprint density at radius 3 is 1.40 bits per heavy atom. The lowest BCUT2D eigenvalue weighted by Gasteiger charge is -2.29.